The van der Waals surface area contributed by atoms with E-state index >= 15 is 0 Å². The normalized spacial score (nSPS) is 21.3. The Kier molecular flexibility index (Phi) is 1.97. The molecule has 1 aromatic carbocycles. The Bertz CT molecular complexity index is 301. The number of hydrogen-bond acceptors (Lipinski definition) is 2. The number of rotatable bonds is 0. The minimum Gasteiger partial charge on any atom is -0.381 e. The molecular weight excluding hydrogens is 173 g/mol. The standard InChI is InChI=1S/C9H10FNS/c1-6-5-12-9-3-2-7(10)4-8(9)11-6/h2-4,6,11H,5H2,1H3. The molecule has 0 aromatic heterocycles. The van der Waals surface area contributed by atoms with E-state index in [0.717, 1.165) is 16.3 Å². The number of hydrogen-bond donors (Lipinski definition) is 1. The van der Waals surface area contributed by atoms with Gasteiger partial charge in [0, 0.05) is 16.7 Å². The zero-order chi connectivity index (χ0) is 8.55. The van der Waals surface area contributed by atoms with Crippen LogP contribution in [0.1, 0.15) is 6.92 Å². The summed E-state index contributed by atoms with van der Waals surface area (Å²) in [5.41, 5.74) is 0.929. The van der Waals surface area contributed by atoms with Crippen LogP contribution in [0.25, 0.3) is 0 Å². The molecule has 1 aromatic rings. The summed E-state index contributed by atoms with van der Waals surface area (Å²) >= 11 is 1.78. The van der Waals surface area contributed by atoms with E-state index in [1.165, 1.54) is 6.07 Å². The fourth-order valence-electron chi connectivity index (χ4n) is 1.26. The first-order valence-electron chi connectivity index (χ1n) is 3.94. The SMILES string of the molecule is CC1CSc2ccc(F)cc2N1. The third-order valence-electron chi connectivity index (χ3n) is 1.83. The van der Waals surface area contributed by atoms with Gasteiger partial charge in [0.05, 0.1) is 5.69 Å². The lowest BCUT2D eigenvalue weighted by atomic mass is 10.2. The van der Waals surface area contributed by atoms with Crippen molar-refractivity contribution >= 4 is 17.4 Å². The van der Waals surface area contributed by atoms with Gasteiger partial charge in [0.1, 0.15) is 5.82 Å². The zero-order valence-corrected chi connectivity index (χ0v) is 7.62. The number of fused-ring (bicyclic) bond motifs is 1. The van der Waals surface area contributed by atoms with Crippen molar-refractivity contribution in [1.29, 1.82) is 0 Å². The lowest BCUT2D eigenvalue weighted by Gasteiger charge is -2.23. The van der Waals surface area contributed by atoms with Crippen LogP contribution < -0.4 is 5.32 Å². The van der Waals surface area contributed by atoms with Gasteiger partial charge in [-0.25, -0.2) is 4.39 Å². The minimum absolute atomic E-state index is 0.170. The molecule has 0 amide bonds. The Morgan fingerprint density at radius 2 is 2.42 bits per heavy atom. The Morgan fingerprint density at radius 1 is 1.58 bits per heavy atom. The highest BCUT2D eigenvalue weighted by molar-refractivity contribution is 7.99. The molecule has 0 fully saturated rings. The van der Waals surface area contributed by atoms with Gasteiger partial charge in [0.25, 0.3) is 0 Å². The summed E-state index contributed by atoms with van der Waals surface area (Å²) in [6.07, 6.45) is 0. The molecule has 0 bridgehead atoms. The van der Waals surface area contributed by atoms with Crippen LogP contribution in [0.4, 0.5) is 10.1 Å². The third-order valence-corrected chi connectivity index (χ3v) is 3.17. The van der Waals surface area contributed by atoms with Crippen LogP contribution in [-0.4, -0.2) is 11.8 Å². The predicted octanol–water partition coefficient (Wildman–Crippen LogP) is 2.73. The average molecular weight is 183 g/mol. The molecule has 3 heteroatoms. The van der Waals surface area contributed by atoms with Crippen molar-refractivity contribution < 1.29 is 4.39 Å². The quantitative estimate of drug-likeness (QED) is 0.663. The molecule has 0 saturated carbocycles. The summed E-state index contributed by atoms with van der Waals surface area (Å²) in [6, 6.07) is 5.32. The maximum absolute atomic E-state index is 12.8. The van der Waals surface area contributed by atoms with Crippen molar-refractivity contribution in [2.75, 3.05) is 11.1 Å². The van der Waals surface area contributed by atoms with Crippen LogP contribution in [0.15, 0.2) is 23.1 Å². The van der Waals surface area contributed by atoms with Gasteiger partial charge in [-0.3, -0.25) is 0 Å². The fraction of sp³-hybridized carbons (Fsp3) is 0.333. The van der Waals surface area contributed by atoms with Gasteiger partial charge < -0.3 is 5.32 Å². The first-order chi connectivity index (χ1) is 5.75. The molecule has 0 radical (unpaired) electrons. The molecule has 1 N–H and O–H groups in total. The molecule has 1 aliphatic heterocycles. The Labute approximate surface area is 75.4 Å². The van der Waals surface area contributed by atoms with Crippen molar-refractivity contribution in [2.24, 2.45) is 0 Å². The van der Waals surface area contributed by atoms with Crippen LogP contribution in [-0.2, 0) is 0 Å². The van der Waals surface area contributed by atoms with Crippen LogP contribution in [0.3, 0.4) is 0 Å². The van der Waals surface area contributed by atoms with Crippen LogP contribution in [0.2, 0.25) is 0 Å². The zero-order valence-electron chi connectivity index (χ0n) is 6.80. The highest BCUT2D eigenvalue weighted by Crippen LogP contribution is 2.33. The van der Waals surface area contributed by atoms with E-state index in [0.29, 0.717) is 6.04 Å². The topological polar surface area (TPSA) is 12.0 Å². The molecule has 1 nitrogen and oxygen atoms in total. The molecule has 12 heavy (non-hydrogen) atoms. The fourth-order valence-corrected chi connectivity index (χ4v) is 2.21. The molecule has 1 atom stereocenters. The van der Waals surface area contributed by atoms with Gasteiger partial charge >= 0.3 is 0 Å². The lowest BCUT2D eigenvalue weighted by Crippen LogP contribution is -2.21. The summed E-state index contributed by atoms with van der Waals surface area (Å²) in [6.45, 7) is 2.10. The highest BCUT2D eigenvalue weighted by Gasteiger charge is 2.14. The van der Waals surface area contributed by atoms with Crippen LogP contribution >= 0.6 is 11.8 Å². The van der Waals surface area contributed by atoms with E-state index < -0.39 is 0 Å². The maximum Gasteiger partial charge on any atom is 0.125 e. The first kappa shape index (κ1) is 7.92. The van der Waals surface area contributed by atoms with Crippen molar-refractivity contribution in [3.05, 3.63) is 24.0 Å². The summed E-state index contributed by atoms with van der Waals surface area (Å²) in [7, 11) is 0. The summed E-state index contributed by atoms with van der Waals surface area (Å²) < 4.78 is 12.8. The van der Waals surface area contributed by atoms with E-state index in [2.05, 4.69) is 12.2 Å². The first-order valence-corrected chi connectivity index (χ1v) is 4.93. The number of halogens is 1. The second kappa shape index (κ2) is 2.98. The third kappa shape index (κ3) is 1.41. The van der Waals surface area contributed by atoms with Gasteiger partial charge in [-0.1, -0.05) is 0 Å². The van der Waals surface area contributed by atoms with E-state index in [1.807, 2.05) is 6.07 Å². The smallest absolute Gasteiger partial charge is 0.125 e. The van der Waals surface area contributed by atoms with Gasteiger partial charge in [-0.2, -0.15) is 0 Å². The number of thioether (sulfide) groups is 1. The second-order valence-corrected chi connectivity index (χ2v) is 4.06. The Balaban J connectivity index is 2.37. The molecule has 2 rings (SSSR count). The number of anilines is 1. The van der Waals surface area contributed by atoms with Gasteiger partial charge in [0.15, 0.2) is 0 Å². The monoisotopic (exact) mass is 183 g/mol. The molecule has 1 unspecified atom stereocenters. The molecule has 1 aliphatic rings. The highest BCUT2D eigenvalue weighted by atomic mass is 32.2. The van der Waals surface area contributed by atoms with Crippen molar-refractivity contribution in [2.45, 2.75) is 17.9 Å². The molecule has 0 aliphatic carbocycles. The lowest BCUT2D eigenvalue weighted by molar-refractivity contribution is 0.626. The molecule has 64 valence electrons. The summed E-state index contributed by atoms with van der Waals surface area (Å²) in [4.78, 5) is 1.15. The summed E-state index contributed by atoms with van der Waals surface area (Å²) in [5, 5.41) is 3.24. The van der Waals surface area contributed by atoms with Crippen molar-refractivity contribution in [3.8, 4) is 0 Å². The van der Waals surface area contributed by atoms with Gasteiger partial charge in [-0.15, -0.1) is 11.8 Å². The van der Waals surface area contributed by atoms with Crippen molar-refractivity contribution in [3.63, 3.8) is 0 Å². The van der Waals surface area contributed by atoms with Crippen LogP contribution in [0, 0.1) is 5.82 Å². The number of nitrogens with one attached hydrogen (secondary N) is 1. The second-order valence-electron chi connectivity index (χ2n) is 3.00. The predicted molar refractivity (Wildman–Crippen MR) is 50.2 cm³/mol. The average Bonchev–Trinajstić information content (AvgIpc) is 2.03. The van der Waals surface area contributed by atoms with E-state index in [-0.39, 0.29) is 5.82 Å². The molecule has 0 spiro atoms. The summed E-state index contributed by atoms with van der Waals surface area (Å²) in [5.74, 6) is 0.884. The minimum atomic E-state index is -0.170. The maximum atomic E-state index is 12.8. The van der Waals surface area contributed by atoms with Crippen LogP contribution in [0.5, 0.6) is 0 Å². The molecule has 1 heterocycles. The van der Waals surface area contributed by atoms with E-state index in [9.17, 15) is 4.39 Å². The Morgan fingerprint density at radius 3 is 3.25 bits per heavy atom. The van der Waals surface area contributed by atoms with E-state index in [4.69, 9.17) is 0 Å². The van der Waals surface area contributed by atoms with Crippen molar-refractivity contribution in [1.82, 2.24) is 0 Å². The molecular formula is C9H10FNS. The van der Waals surface area contributed by atoms with E-state index in [1.54, 1.807) is 17.8 Å². The number of benzene rings is 1. The molecule has 0 saturated heterocycles. The van der Waals surface area contributed by atoms with Gasteiger partial charge in [-0.05, 0) is 25.1 Å². The van der Waals surface area contributed by atoms with Gasteiger partial charge in [0.2, 0.25) is 0 Å². The largest absolute Gasteiger partial charge is 0.381 e. The Hall–Kier alpha value is -0.700.